The number of aromatic nitrogens is 4. The first-order chi connectivity index (χ1) is 15.2. The summed E-state index contributed by atoms with van der Waals surface area (Å²) < 4.78 is 1.88. The van der Waals surface area contributed by atoms with E-state index in [9.17, 15) is 0 Å². The molecule has 2 aromatic heterocycles. The lowest BCUT2D eigenvalue weighted by molar-refractivity contribution is 0.857. The van der Waals surface area contributed by atoms with Crippen LogP contribution in [0.4, 0.5) is 0 Å². The molecule has 1 aliphatic carbocycles. The van der Waals surface area contributed by atoms with Gasteiger partial charge in [-0.05, 0) is 43.0 Å². The summed E-state index contributed by atoms with van der Waals surface area (Å²) in [6.45, 7) is 2.13. The Balaban J connectivity index is 1.70. The zero-order valence-electron chi connectivity index (χ0n) is 17.0. The summed E-state index contributed by atoms with van der Waals surface area (Å²) in [6.07, 6.45) is 1.86. The van der Waals surface area contributed by atoms with Crippen molar-refractivity contribution in [3.05, 3.63) is 94.6 Å². The van der Waals surface area contributed by atoms with E-state index in [2.05, 4.69) is 37.3 Å². The van der Waals surface area contributed by atoms with Gasteiger partial charge in [-0.2, -0.15) is 4.52 Å². The van der Waals surface area contributed by atoms with E-state index in [-0.39, 0.29) is 0 Å². The van der Waals surface area contributed by atoms with Gasteiger partial charge in [0.1, 0.15) is 0 Å². The van der Waals surface area contributed by atoms with Crippen molar-refractivity contribution in [1.29, 1.82) is 0 Å². The summed E-state index contributed by atoms with van der Waals surface area (Å²) in [7, 11) is 0. The van der Waals surface area contributed by atoms with Crippen molar-refractivity contribution in [1.82, 2.24) is 19.6 Å². The lowest BCUT2D eigenvalue weighted by atomic mass is 9.88. The Morgan fingerprint density at radius 3 is 2.48 bits per heavy atom. The SMILES string of the molecule is Cc1ccc2c(c1)CCc1nc(-c3ccccc3)n3nc(-c4ccccc4Cl)nc3c1-2. The Morgan fingerprint density at radius 2 is 1.65 bits per heavy atom. The normalized spacial score (nSPS) is 12.6. The van der Waals surface area contributed by atoms with Crippen LogP contribution in [0.3, 0.4) is 0 Å². The third-order valence-corrected chi connectivity index (χ3v) is 6.20. The second kappa shape index (κ2) is 7.03. The number of halogens is 1. The van der Waals surface area contributed by atoms with E-state index in [1.807, 2.05) is 47.0 Å². The van der Waals surface area contributed by atoms with Gasteiger partial charge in [0.05, 0.1) is 10.7 Å². The van der Waals surface area contributed by atoms with E-state index in [0.29, 0.717) is 10.8 Å². The molecule has 3 aromatic carbocycles. The molecule has 0 saturated carbocycles. The van der Waals surface area contributed by atoms with Crippen LogP contribution in [0.5, 0.6) is 0 Å². The molecule has 0 atom stereocenters. The minimum atomic E-state index is 0.609. The Labute approximate surface area is 185 Å². The van der Waals surface area contributed by atoms with Crippen molar-refractivity contribution in [3.63, 3.8) is 0 Å². The molecule has 0 saturated heterocycles. The molecule has 6 rings (SSSR count). The highest BCUT2D eigenvalue weighted by molar-refractivity contribution is 6.33. The maximum atomic E-state index is 6.48. The van der Waals surface area contributed by atoms with E-state index < -0.39 is 0 Å². The fraction of sp³-hybridized carbons (Fsp3) is 0.115. The van der Waals surface area contributed by atoms with Crippen molar-refractivity contribution in [2.45, 2.75) is 19.8 Å². The highest BCUT2D eigenvalue weighted by atomic mass is 35.5. The van der Waals surface area contributed by atoms with Crippen LogP contribution in [-0.4, -0.2) is 19.6 Å². The van der Waals surface area contributed by atoms with Crippen LogP contribution >= 0.6 is 11.6 Å². The van der Waals surface area contributed by atoms with Crippen molar-refractivity contribution >= 4 is 17.2 Å². The number of nitrogens with zero attached hydrogens (tertiary/aromatic N) is 4. The number of benzene rings is 3. The Morgan fingerprint density at radius 1 is 0.839 bits per heavy atom. The van der Waals surface area contributed by atoms with Gasteiger partial charge in [0, 0.05) is 16.7 Å². The van der Waals surface area contributed by atoms with Gasteiger partial charge in [-0.25, -0.2) is 9.97 Å². The average Bonchev–Trinajstić information content (AvgIpc) is 3.24. The average molecular weight is 423 g/mol. The minimum absolute atomic E-state index is 0.609. The molecule has 31 heavy (non-hydrogen) atoms. The molecule has 4 nitrogen and oxygen atoms in total. The smallest absolute Gasteiger partial charge is 0.183 e. The quantitative estimate of drug-likeness (QED) is 0.341. The van der Waals surface area contributed by atoms with Crippen molar-refractivity contribution < 1.29 is 0 Å². The Hall–Kier alpha value is -3.50. The van der Waals surface area contributed by atoms with Crippen LogP contribution in [0, 0.1) is 6.92 Å². The molecule has 0 unspecified atom stereocenters. The lowest BCUT2D eigenvalue weighted by Gasteiger charge is -2.21. The molecule has 1 aliphatic rings. The topological polar surface area (TPSA) is 43.1 Å². The van der Waals surface area contributed by atoms with Crippen LogP contribution < -0.4 is 0 Å². The van der Waals surface area contributed by atoms with Crippen LogP contribution in [0.25, 0.3) is 39.5 Å². The third kappa shape index (κ3) is 2.94. The van der Waals surface area contributed by atoms with Gasteiger partial charge in [-0.1, -0.05) is 77.8 Å². The fourth-order valence-electron chi connectivity index (χ4n) is 4.40. The minimum Gasteiger partial charge on any atom is -0.232 e. The highest BCUT2D eigenvalue weighted by Crippen LogP contribution is 2.38. The van der Waals surface area contributed by atoms with E-state index in [0.717, 1.165) is 46.7 Å². The second-order valence-electron chi connectivity index (χ2n) is 7.93. The molecule has 0 spiro atoms. The molecule has 2 heterocycles. The molecule has 0 bridgehead atoms. The summed E-state index contributed by atoms with van der Waals surface area (Å²) in [5, 5.41) is 5.51. The zero-order valence-corrected chi connectivity index (χ0v) is 17.8. The second-order valence-corrected chi connectivity index (χ2v) is 8.34. The third-order valence-electron chi connectivity index (χ3n) is 5.87. The number of aryl methyl sites for hydroxylation is 3. The van der Waals surface area contributed by atoms with Gasteiger partial charge in [0.25, 0.3) is 0 Å². The summed E-state index contributed by atoms with van der Waals surface area (Å²) in [5.74, 6) is 1.41. The summed E-state index contributed by atoms with van der Waals surface area (Å²) in [6, 6.07) is 24.5. The number of hydrogen-bond donors (Lipinski definition) is 0. The first kappa shape index (κ1) is 18.3. The molecule has 5 heteroatoms. The monoisotopic (exact) mass is 422 g/mol. The Bertz CT molecular complexity index is 1450. The van der Waals surface area contributed by atoms with Crippen molar-refractivity contribution in [2.75, 3.05) is 0 Å². The van der Waals surface area contributed by atoms with E-state index >= 15 is 0 Å². The van der Waals surface area contributed by atoms with E-state index in [4.69, 9.17) is 26.7 Å². The van der Waals surface area contributed by atoms with Gasteiger partial charge in [0.15, 0.2) is 17.3 Å². The molecule has 150 valence electrons. The summed E-state index contributed by atoms with van der Waals surface area (Å²) >= 11 is 6.48. The number of hydrogen-bond acceptors (Lipinski definition) is 3. The van der Waals surface area contributed by atoms with Gasteiger partial charge in [-0.3, -0.25) is 0 Å². The highest BCUT2D eigenvalue weighted by Gasteiger charge is 2.25. The van der Waals surface area contributed by atoms with Gasteiger partial charge >= 0.3 is 0 Å². The maximum Gasteiger partial charge on any atom is 0.183 e. The standard InChI is InChI=1S/C26H19ClN4/c1-16-11-13-19-18(15-16)12-14-22-23(19)26-29-24(20-9-5-6-10-21(20)27)30-31(26)25(28-22)17-7-3-2-4-8-17/h2-11,13,15H,12,14H2,1H3. The largest absolute Gasteiger partial charge is 0.232 e. The van der Waals surface area contributed by atoms with Crippen LogP contribution in [0.15, 0.2) is 72.8 Å². The lowest BCUT2D eigenvalue weighted by Crippen LogP contribution is -2.11. The molecule has 0 radical (unpaired) electrons. The van der Waals surface area contributed by atoms with Crippen LogP contribution in [0.2, 0.25) is 5.02 Å². The zero-order chi connectivity index (χ0) is 20.9. The molecule has 0 fully saturated rings. The predicted molar refractivity (Wildman–Crippen MR) is 124 cm³/mol. The molecule has 0 aliphatic heterocycles. The van der Waals surface area contributed by atoms with Gasteiger partial charge < -0.3 is 0 Å². The van der Waals surface area contributed by atoms with E-state index in [1.165, 1.54) is 16.7 Å². The molecule has 5 aromatic rings. The molecule has 0 N–H and O–H groups in total. The fourth-order valence-corrected chi connectivity index (χ4v) is 4.62. The predicted octanol–water partition coefficient (Wildman–Crippen LogP) is 6.19. The molecule has 0 amide bonds. The maximum absolute atomic E-state index is 6.48. The van der Waals surface area contributed by atoms with Gasteiger partial charge in [0.2, 0.25) is 0 Å². The first-order valence-corrected chi connectivity index (χ1v) is 10.8. The van der Waals surface area contributed by atoms with Crippen LogP contribution in [-0.2, 0) is 12.8 Å². The van der Waals surface area contributed by atoms with Gasteiger partial charge in [-0.15, -0.1) is 5.10 Å². The van der Waals surface area contributed by atoms with Crippen molar-refractivity contribution in [2.24, 2.45) is 0 Å². The number of rotatable bonds is 2. The summed E-state index contributed by atoms with van der Waals surface area (Å²) in [4.78, 5) is 10.1. The molecular weight excluding hydrogens is 404 g/mol. The van der Waals surface area contributed by atoms with Crippen LogP contribution in [0.1, 0.15) is 16.8 Å². The summed E-state index contributed by atoms with van der Waals surface area (Å²) in [5.41, 5.74) is 8.61. The Kier molecular flexibility index (Phi) is 4.15. The van der Waals surface area contributed by atoms with E-state index in [1.54, 1.807) is 0 Å². The molecular formula is C26H19ClN4. The first-order valence-electron chi connectivity index (χ1n) is 10.4. The van der Waals surface area contributed by atoms with Crippen molar-refractivity contribution in [3.8, 4) is 33.9 Å². The number of fused-ring (bicyclic) bond motifs is 5.